The van der Waals surface area contributed by atoms with E-state index in [1.807, 2.05) is 17.2 Å². The third-order valence-electron chi connectivity index (χ3n) is 6.51. The molecule has 4 atom stereocenters. The molecule has 1 aliphatic carbocycles. The number of hydrogen-bond donors (Lipinski definition) is 0. The second-order valence-corrected chi connectivity index (χ2v) is 8.40. The Kier molecular flexibility index (Phi) is 3.81. The molecule has 6 rings (SSSR count). The van der Waals surface area contributed by atoms with Crippen molar-refractivity contribution in [2.24, 2.45) is 5.92 Å². The summed E-state index contributed by atoms with van der Waals surface area (Å²) in [5.74, 6) is -0.186. The Hall–Kier alpha value is -3.10. The molecule has 0 N–H and O–H groups in total. The van der Waals surface area contributed by atoms with E-state index in [0.717, 1.165) is 35.3 Å². The number of piperazine rings is 1. The molecule has 0 aromatic carbocycles. The molecule has 2 bridgehead atoms. The first-order valence-electron chi connectivity index (χ1n) is 10.2. The molecular weight excluding hydrogens is 390 g/mol. The Bertz CT molecular complexity index is 1140. The van der Waals surface area contributed by atoms with Gasteiger partial charge in [0.2, 0.25) is 11.9 Å². The molecule has 3 aromatic rings. The van der Waals surface area contributed by atoms with Crippen molar-refractivity contribution in [3.05, 3.63) is 42.9 Å². The van der Waals surface area contributed by atoms with E-state index in [1.54, 1.807) is 10.6 Å². The minimum absolute atomic E-state index is 0.0211. The fraction of sp³-hybridized carbons (Fsp3) is 0.429. The maximum Gasteiger partial charge on any atom is 0.229 e. The van der Waals surface area contributed by atoms with E-state index in [-0.39, 0.29) is 18.0 Å². The van der Waals surface area contributed by atoms with Crippen molar-refractivity contribution in [2.45, 2.75) is 37.5 Å². The van der Waals surface area contributed by atoms with E-state index in [0.29, 0.717) is 19.5 Å². The predicted molar refractivity (Wildman–Crippen MR) is 105 cm³/mol. The van der Waals surface area contributed by atoms with Crippen molar-refractivity contribution in [1.82, 2.24) is 24.5 Å². The number of halogens is 2. The second-order valence-electron chi connectivity index (χ2n) is 8.40. The van der Waals surface area contributed by atoms with Gasteiger partial charge in [-0.3, -0.25) is 4.79 Å². The SMILES string of the molecule is O=C([C@@H]1C[C@H]1F)N1C2CCC1CN(c1ncnn3cc(-c4ccnc(F)c4)cc13)C2. The third-order valence-corrected chi connectivity index (χ3v) is 6.51. The summed E-state index contributed by atoms with van der Waals surface area (Å²) in [6, 6.07) is 5.26. The van der Waals surface area contributed by atoms with E-state index in [2.05, 4.69) is 20.0 Å². The van der Waals surface area contributed by atoms with Crippen LogP contribution in [-0.2, 0) is 4.79 Å². The number of anilines is 1. The van der Waals surface area contributed by atoms with Crippen molar-refractivity contribution < 1.29 is 13.6 Å². The van der Waals surface area contributed by atoms with E-state index >= 15 is 0 Å². The van der Waals surface area contributed by atoms with Gasteiger partial charge in [0.05, 0.1) is 5.92 Å². The minimum Gasteiger partial charge on any atom is -0.351 e. The summed E-state index contributed by atoms with van der Waals surface area (Å²) in [6.07, 6.45) is 6.06. The van der Waals surface area contributed by atoms with Crippen molar-refractivity contribution in [3.8, 4) is 11.1 Å². The highest BCUT2D eigenvalue weighted by atomic mass is 19.1. The van der Waals surface area contributed by atoms with Gasteiger partial charge >= 0.3 is 0 Å². The van der Waals surface area contributed by atoms with Crippen LogP contribution < -0.4 is 4.90 Å². The van der Waals surface area contributed by atoms with Crippen molar-refractivity contribution in [1.29, 1.82) is 0 Å². The monoisotopic (exact) mass is 410 g/mol. The molecule has 0 radical (unpaired) electrons. The van der Waals surface area contributed by atoms with Gasteiger partial charge < -0.3 is 9.80 Å². The average molecular weight is 410 g/mol. The molecule has 1 saturated carbocycles. The molecule has 2 aliphatic heterocycles. The van der Waals surface area contributed by atoms with Gasteiger partial charge in [0.15, 0.2) is 5.82 Å². The lowest BCUT2D eigenvalue weighted by atomic mass is 10.1. The molecule has 154 valence electrons. The van der Waals surface area contributed by atoms with Crippen LogP contribution in [0.3, 0.4) is 0 Å². The van der Waals surface area contributed by atoms with Crippen molar-refractivity contribution in [2.75, 3.05) is 18.0 Å². The maximum atomic E-state index is 13.5. The number of carbonyl (C=O) groups is 1. The zero-order valence-electron chi connectivity index (χ0n) is 16.2. The molecule has 2 saturated heterocycles. The van der Waals surface area contributed by atoms with Gasteiger partial charge in [-0.05, 0) is 37.0 Å². The highest BCUT2D eigenvalue weighted by Gasteiger charge is 2.51. The second kappa shape index (κ2) is 6.45. The third kappa shape index (κ3) is 2.75. The summed E-state index contributed by atoms with van der Waals surface area (Å²) >= 11 is 0. The Labute approximate surface area is 171 Å². The fourth-order valence-corrected chi connectivity index (χ4v) is 4.95. The van der Waals surface area contributed by atoms with Crippen molar-refractivity contribution >= 4 is 17.2 Å². The van der Waals surface area contributed by atoms with Crippen LogP contribution in [0.2, 0.25) is 0 Å². The number of nitrogens with zero attached hydrogens (tertiary/aromatic N) is 6. The van der Waals surface area contributed by atoms with Gasteiger partial charge in [-0.1, -0.05) is 0 Å². The maximum absolute atomic E-state index is 13.5. The van der Waals surface area contributed by atoms with Gasteiger partial charge in [-0.25, -0.2) is 18.9 Å². The van der Waals surface area contributed by atoms with E-state index in [1.165, 1.54) is 18.6 Å². The first-order valence-corrected chi connectivity index (χ1v) is 10.2. The van der Waals surface area contributed by atoms with Crippen LogP contribution in [-0.4, -0.2) is 61.7 Å². The Morgan fingerprint density at radius 1 is 1.10 bits per heavy atom. The number of carbonyl (C=O) groups excluding carboxylic acids is 1. The summed E-state index contributed by atoms with van der Waals surface area (Å²) in [5, 5.41) is 4.31. The van der Waals surface area contributed by atoms with Crippen LogP contribution in [0.1, 0.15) is 19.3 Å². The number of pyridine rings is 1. The number of rotatable bonds is 3. The Morgan fingerprint density at radius 2 is 1.87 bits per heavy atom. The lowest BCUT2D eigenvalue weighted by Crippen LogP contribution is -2.56. The molecule has 2 unspecified atom stereocenters. The standard InChI is InChI=1S/C21H20F2N6O/c22-17-7-16(17)21(30)29-14-1-2-15(29)10-27(9-14)20-18-5-13(8-28(18)26-11-25-20)12-3-4-24-19(23)6-12/h3-6,8,11,14-17H,1-2,7,9-10H2/t14?,15?,16-,17-/m1/s1. The average Bonchev–Trinajstić information content (AvgIpc) is 3.21. The zero-order valence-corrected chi connectivity index (χ0v) is 16.2. The molecule has 3 aromatic heterocycles. The van der Waals surface area contributed by atoms with Gasteiger partial charge in [0.25, 0.3) is 0 Å². The summed E-state index contributed by atoms with van der Waals surface area (Å²) < 4.78 is 28.7. The topological polar surface area (TPSA) is 66.6 Å². The lowest BCUT2D eigenvalue weighted by molar-refractivity contribution is -0.136. The smallest absolute Gasteiger partial charge is 0.229 e. The van der Waals surface area contributed by atoms with E-state index in [9.17, 15) is 13.6 Å². The molecule has 5 heterocycles. The Balaban J connectivity index is 1.31. The van der Waals surface area contributed by atoms with E-state index in [4.69, 9.17) is 0 Å². The summed E-state index contributed by atoms with van der Waals surface area (Å²) in [5.41, 5.74) is 2.38. The predicted octanol–water partition coefficient (Wildman–Crippen LogP) is 2.47. The number of amides is 1. The normalized spacial score (nSPS) is 27.7. The summed E-state index contributed by atoms with van der Waals surface area (Å²) in [7, 11) is 0. The van der Waals surface area contributed by atoms with Crippen LogP contribution in [0.15, 0.2) is 36.9 Å². The van der Waals surface area contributed by atoms with Crippen LogP contribution in [0, 0.1) is 11.9 Å². The molecule has 3 aliphatic rings. The molecule has 30 heavy (non-hydrogen) atoms. The summed E-state index contributed by atoms with van der Waals surface area (Å²) in [6.45, 7) is 1.34. The first kappa shape index (κ1) is 17.7. The Morgan fingerprint density at radius 3 is 2.57 bits per heavy atom. The van der Waals surface area contributed by atoms with Crippen LogP contribution in [0.4, 0.5) is 14.6 Å². The van der Waals surface area contributed by atoms with Gasteiger partial charge in [0, 0.05) is 49.2 Å². The number of alkyl halides is 1. The molecule has 3 fully saturated rings. The van der Waals surface area contributed by atoms with E-state index < -0.39 is 18.0 Å². The highest BCUT2D eigenvalue weighted by Crippen LogP contribution is 2.41. The molecule has 7 nitrogen and oxygen atoms in total. The molecule has 9 heteroatoms. The van der Waals surface area contributed by atoms with Crippen LogP contribution >= 0.6 is 0 Å². The highest BCUT2D eigenvalue weighted by molar-refractivity contribution is 5.84. The van der Waals surface area contributed by atoms with Crippen molar-refractivity contribution in [3.63, 3.8) is 0 Å². The van der Waals surface area contributed by atoms with Gasteiger partial charge in [-0.15, -0.1) is 0 Å². The summed E-state index contributed by atoms with van der Waals surface area (Å²) in [4.78, 5) is 24.9. The molecule has 1 amide bonds. The zero-order chi connectivity index (χ0) is 20.4. The fourth-order valence-electron chi connectivity index (χ4n) is 4.95. The van der Waals surface area contributed by atoms with Gasteiger partial charge in [-0.2, -0.15) is 9.49 Å². The lowest BCUT2D eigenvalue weighted by Gasteiger charge is -2.41. The van der Waals surface area contributed by atoms with Crippen LogP contribution in [0.25, 0.3) is 16.6 Å². The first-order chi connectivity index (χ1) is 14.6. The number of hydrogen-bond acceptors (Lipinski definition) is 5. The molecular formula is C21H20F2N6O. The van der Waals surface area contributed by atoms with Gasteiger partial charge in [0.1, 0.15) is 18.0 Å². The number of fused-ring (bicyclic) bond motifs is 3. The quantitative estimate of drug-likeness (QED) is 0.621. The van der Waals surface area contributed by atoms with Crippen LogP contribution in [0.5, 0.6) is 0 Å². The number of aromatic nitrogens is 4. The minimum atomic E-state index is -0.964. The largest absolute Gasteiger partial charge is 0.351 e. The molecule has 0 spiro atoms.